The van der Waals surface area contributed by atoms with E-state index >= 15 is 0 Å². The van der Waals surface area contributed by atoms with E-state index in [1.165, 1.54) is 80.5 Å². The van der Waals surface area contributed by atoms with E-state index in [1.807, 2.05) is 0 Å². The summed E-state index contributed by atoms with van der Waals surface area (Å²) < 4.78 is 0. The molecule has 0 saturated heterocycles. The lowest BCUT2D eigenvalue weighted by atomic mass is 9.74. The van der Waals surface area contributed by atoms with Gasteiger partial charge in [-0.05, 0) is 117 Å². The molecule has 2 fully saturated rings. The van der Waals surface area contributed by atoms with Gasteiger partial charge >= 0.3 is 0 Å². The maximum absolute atomic E-state index is 3.99. The molecule has 2 aliphatic rings. The summed E-state index contributed by atoms with van der Waals surface area (Å²) in [7, 11) is 0. The lowest BCUT2D eigenvalue weighted by Crippen LogP contribution is -2.17. The summed E-state index contributed by atoms with van der Waals surface area (Å²) in [4.78, 5) is 0. The second-order valence-electron chi connectivity index (χ2n) is 10.4. The molecule has 0 radical (unpaired) electrons. The Kier molecular flexibility index (Phi) is 8.06. The third-order valence-corrected chi connectivity index (χ3v) is 8.29. The monoisotopic (exact) mass is 414 g/mol. The quantitative estimate of drug-likeness (QED) is 0.377. The summed E-state index contributed by atoms with van der Waals surface area (Å²) in [5, 5.41) is 2.83. The average molecular weight is 415 g/mol. The zero-order valence-corrected chi connectivity index (χ0v) is 19.7. The highest BCUT2D eigenvalue weighted by Crippen LogP contribution is 2.40. The van der Waals surface area contributed by atoms with Crippen LogP contribution in [0.1, 0.15) is 94.6 Å². The van der Waals surface area contributed by atoms with Crippen molar-refractivity contribution in [1.29, 1.82) is 0 Å². The predicted octanol–water partition coefficient (Wildman–Crippen LogP) is 9.39. The fraction of sp³-hybridized carbons (Fsp3) is 0.548. The van der Waals surface area contributed by atoms with Crippen LogP contribution < -0.4 is 0 Å². The highest BCUT2D eigenvalue weighted by molar-refractivity contribution is 5.84. The van der Waals surface area contributed by atoms with E-state index in [0.717, 1.165) is 36.5 Å². The van der Waals surface area contributed by atoms with E-state index < -0.39 is 0 Å². The Hall–Kier alpha value is -1.82. The first-order valence-corrected chi connectivity index (χ1v) is 13.0. The third-order valence-electron chi connectivity index (χ3n) is 8.29. The Morgan fingerprint density at radius 2 is 1.45 bits per heavy atom. The fourth-order valence-electron chi connectivity index (χ4n) is 6.11. The minimum Gasteiger partial charge on any atom is -0.103 e. The first-order valence-electron chi connectivity index (χ1n) is 13.0. The fourth-order valence-corrected chi connectivity index (χ4v) is 6.11. The van der Waals surface area contributed by atoms with Crippen LogP contribution in [0.15, 0.2) is 61.2 Å². The molecule has 0 heteroatoms. The van der Waals surface area contributed by atoms with Crippen molar-refractivity contribution in [2.24, 2.45) is 17.8 Å². The van der Waals surface area contributed by atoms with E-state index in [1.54, 1.807) is 5.56 Å². The molecular formula is C31H42. The minimum absolute atomic E-state index is 0.776. The van der Waals surface area contributed by atoms with Crippen molar-refractivity contribution in [3.8, 4) is 0 Å². The molecule has 2 aromatic rings. The van der Waals surface area contributed by atoms with Gasteiger partial charge in [0.25, 0.3) is 0 Å². The van der Waals surface area contributed by atoms with E-state index in [0.29, 0.717) is 0 Å². The van der Waals surface area contributed by atoms with Gasteiger partial charge in [0.05, 0.1) is 0 Å². The Labute approximate surface area is 190 Å². The molecule has 0 aromatic heterocycles. The number of fused-ring (bicyclic) bond motifs is 1. The lowest BCUT2D eigenvalue weighted by molar-refractivity contribution is 0.246. The van der Waals surface area contributed by atoms with Gasteiger partial charge < -0.3 is 0 Å². The third kappa shape index (κ3) is 6.12. The largest absolute Gasteiger partial charge is 0.103 e. The molecule has 0 unspecified atom stereocenters. The topological polar surface area (TPSA) is 0 Å². The lowest BCUT2D eigenvalue weighted by Gasteiger charge is -2.31. The maximum atomic E-state index is 3.99. The van der Waals surface area contributed by atoms with Crippen molar-refractivity contribution in [3.05, 3.63) is 72.3 Å². The molecule has 166 valence electrons. The van der Waals surface area contributed by atoms with Crippen LogP contribution >= 0.6 is 0 Å². The molecule has 0 aliphatic heterocycles. The number of hydrogen-bond acceptors (Lipinski definition) is 0. The molecule has 31 heavy (non-hydrogen) atoms. The summed E-state index contributed by atoms with van der Waals surface area (Å²) in [6.45, 7) is 6.09. The van der Waals surface area contributed by atoms with E-state index in [4.69, 9.17) is 0 Å². The predicted molar refractivity (Wildman–Crippen MR) is 137 cm³/mol. The Bertz CT molecular complexity index is 857. The van der Waals surface area contributed by atoms with Crippen LogP contribution in [0.2, 0.25) is 0 Å². The second kappa shape index (κ2) is 11.2. The number of benzene rings is 2. The summed E-state index contributed by atoms with van der Waals surface area (Å²) in [5.74, 6) is 3.56. The molecule has 0 amide bonds. The molecule has 0 bridgehead atoms. The van der Waals surface area contributed by atoms with Gasteiger partial charge in [-0.15, -0.1) is 6.58 Å². The van der Waals surface area contributed by atoms with Gasteiger partial charge in [0.2, 0.25) is 0 Å². The summed E-state index contributed by atoms with van der Waals surface area (Å²) >= 11 is 0. The van der Waals surface area contributed by atoms with Gasteiger partial charge in [-0.25, -0.2) is 0 Å². The highest BCUT2D eigenvalue weighted by atomic mass is 14.3. The Balaban J connectivity index is 1.26. The zero-order valence-electron chi connectivity index (χ0n) is 19.7. The van der Waals surface area contributed by atoms with Crippen LogP contribution in [0.4, 0.5) is 0 Å². The SMILES string of the molecule is C=CC1CCC(CCC2CCC(c3ccc4cc(CC/C=C/C)ccc4c3)CC2)CC1. The summed E-state index contributed by atoms with van der Waals surface area (Å²) in [6, 6.07) is 14.3. The van der Waals surface area contributed by atoms with Crippen LogP contribution in [0.5, 0.6) is 0 Å². The van der Waals surface area contributed by atoms with Crippen LogP contribution in [0.25, 0.3) is 10.8 Å². The smallest absolute Gasteiger partial charge is 0.0162 e. The van der Waals surface area contributed by atoms with Gasteiger partial charge in [0.15, 0.2) is 0 Å². The van der Waals surface area contributed by atoms with Crippen LogP contribution in [0.3, 0.4) is 0 Å². The van der Waals surface area contributed by atoms with E-state index in [-0.39, 0.29) is 0 Å². The van der Waals surface area contributed by atoms with Crippen molar-refractivity contribution < 1.29 is 0 Å². The average Bonchev–Trinajstić information content (AvgIpc) is 2.83. The standard InChI is InChI=1S/C31H42/c1-3-5-6-7-27-16-19-31-23-30(21-20-29(31)22-27)28-17-14-26(15-18-28)13-12-25-10-8-24(4-2)9-11-25/h3-5,16,19-26,28H,2,6-15,17-18H2,1H3/b5-3+. The van der Waals surface area contributed by atoms with E-state index in [9.17, 15) is 0 Å². The molecule has 2 saturated carbocycles. The molecule has 0 heterocycles. The Morgan fingerprint density at radius 3 is 2.13 bits per heavy atom. The summed E-state index contributed by atoms with van der Waals surface area (Å²) in [5.41, 5.74) is 3.03. The molecular weight excluding hydrogens is 372 g/mol. The van der Waals surface area contributed by atoms with Crippen molar-refractivity contribution >= 4 is 10.8 Å². The molecule has 2 aromatic carbocycles. The van der Waals surface area contributed by atoms with Gasteiger partial charge in [0.1, 0.15) is 0 Å². The van der Waals surface area contributed by atoms with Crippen molar-refractivity contribution in [1.82, 2.24) is 0 Å². The first-order chi connectivity index (χ1) is 15.2. The van der Waals surface area contributed by atoms with E-state index in [2.05, 4.69) is 68.1 Å². The van der Waals surface area contributed by atoms with Gasteiger partial charge in [-0.1, -0.05) is 67.5 Å². The summed E-state index contributed by atoms with van der Waals surface area (Å²) in [6.07, 6.45) is 23.2. The van der Waals surface area contributed by atoms with Crippen LogP contribution in [-0.2, 0) is 6.42 Å². The highest BCUT2D eigenvalue weighted by Gasteiger charge is 2.25. The number of aryl methyl sites for hydroxylation is 1. The normalized spacial score (nSPS) is 27.0. The molecule has 0 spiro atoms. The molecule has 0 N–H and O–H groups in total. The number of rotatable bonds is 8. The van der Waals surface area contributed by atoms with Crippen LogP contribution in [-0.4, -0.2) is 0 Å². The second-order valence-corrected chi connectivity index (χ2v) is 10.4. The van der Waals surface area contributed by atoms with Crippen molar-refractivity contribution in [3.63, 3.8) is 0 Å². The molecule has 0 nitrogen and oxygen atoms in total. The molecule has 0 atom stereocenters. The van der Waals surface area contributed by atoms with Crippen molar-refractivity contribution in [2.75, 3.05) is 0 Å². The maximum Gasteiger partial charge on any atom is -0.0162 e. The van der Waals surface area contributed by atoms with Gasteiger partial charge in [-0.2, -0.15) is 0 Å². The molecule has 2 aliphatic carbocycles. The Morgan fingerprint density at radius 1 is 0.806 bits per heavy atom. The molecule has 4 rings (SSSR count). The zero-order chi connectivity index (χ0) is 21.5. The van der Waals surface area contributed by atoms with Crippen LogP contribution in [0, 0.1) is 17.8 Å². The first kappa shape index (κ1) is 22.4. The number of hydrogen-bond donors (Lipinski definition) is 0. The van der Waals surface area contributed by atoms with Gasteiger partial charge in [0, 0.05) is 0 Å². The minimum atomic E-state index is 0.776. The van der Waals surface area contributed by atoms with Crippen molar-refractivity contribution in [2.45, 2.75) is 89.9 Å². The number of allylic oxidation sites excluding steroid dienone is 3. The van der Waals surface area contributed by atoms with Gasteiger partial charge in [-0.3, -0.25) is 0 Å².